The van der Waals surface area contributed by atoms with Gasteiger partial charge in [-0.1, -0.05) is 5.16 Å². The molecule has 1 atom stereocenters. The van der Waals surface area contributed by atoms with Crippen LogP contribution in [0.2, 0.25) is 0 Å². The van der Waals surface area contributed by atoms with Gasteiger partial charge in [-0.2, -0.15) is 10.1 Å². The molecule has 1 aliphatic heterocycles. The molecule has 3 aromatic rings. The number of likely N-dealkylation sites (tertiary alicyclic amines) is 1. The Balaban J connectivity index is 1.59. The fourth-order valence-electron chi connectivity index (χ4n) is 3.34. The van der Waals surface area contributed by atoms with Crippen molar-refractivity contribution in [3.8, 4) is 0 Å². The van der Waals surface area contributed by atoms with Crippen molar-refractivity contribution in [1.82, 2.24) is 29.8 Å². The Morgan fingerprint density at radius 3 is 2.92 bits per heavy atom. The molecule has 1 amide bonds. The summed E-state index contributed by atoms with van der Waals surface area (Å²) in [4.78, 5) is 23.7. The van der Waals surface area contributed by atoms with Crippen molar-refractivity contribution in [2.45, 2.75) is 39.7 Å². The zero-order chi connectivity index (χ0) is 17.6. The van der Waals surface area contributed by atoms with Crippen molar-refractivity contribution in [3.05, 3.63) is 35.2 Å². The van der Waals surface area contributed by atoms with Crippen LogP contribution in [0.3, 0.4) is 0 Å². The van der Waals surface area contributed by atoms with Gasteiger partial charge in [0.05, 0.1) is 23.4 Å². The fraction of sp³-hybridized carbons (Fsp3) is 0.471. The molecule has 4 heterocycles. The molecule has 0 saturated carbocycles. The van der Waals surface area contributed by atoms with Gasteiger partial charge in [0.1, 0.15) is 0 Å². The fourth-order valence-corrected chi connectivity index (χ4v) is 3.34. The first-order valence-corrected chi connectivity index (χ1v) is 8.49. The quantitative estimate of drug-likeness (QED) is 0.725. The maximum absolute atomic E-state index is 13.0. The monoisotopic (exact) mass is 340 g/mol. The molecule has 3 aromatic heterocycles. The van der Waals surface area contributed by atoms with Gasteiger partial charge >= 0.3 is 0 Å². The summed E-state index contributed by atoms with van der Waals surface area (Å²) in [5, 5.41) is 9.04. The van der Waals surface area contributed by atoms with E-state index in [1.807, 2.05) is 29.5 Å². The predicted octanol–water partition coefficient (Wildman–Crippen LogP) is 2.08. The van der Waals surface area contributed by atoms with E-state index in [2.05, 4.69) is 20.2 Å². The maximum atomic E-state index is 13.0. The number of carbonyl (C=O) groups is 1. The summed E-state index contributed by atoms with van der Waals surface area (Å²) in [6, 6.07) is 1.89. The van der Waals surface area contributed by atoms with Gasteiger partial charge < -0.3 is 9.42 Å². The molecule has 0 aliphatic carbocycles. The Morgan fingerprint density at radius 1 is 1.36 bits per heavy atom. The van der Waals surface area contributed by atoms with E-state index in [-0.39, 0.29) is 11.8 Å². The van der Waals surface area contributed by atoms with Gasteiger partial charge in [0.25, 0.3) is 5.91 Å². The first kappa shape index (κ1) is 15.7. The van der Waals surface area contributed by atoms with Crippen LogP contribution in [-0.4, -0.2) is 48.8 Å². The molecule has 4 rings (SSSR count). The van der Waals surface area contributed by atoms with Gasteiger partial charge in [-0.25, -0.2) is 9.67 Å². The van der Waals surface area contributed by atoms with Crippen molar-refractivity contribution in [3.63, 3.8) is 0 Å². The number of hydrogen-bond donors (Lipinski definition) is 0. The van der Waals surface area contributed by atoms with Crippen molar-refractivity contribution >= 4 is 16.9 Å². The van der Waals surface area contributed by atoms with E-state index in [0.29, 0.717) is 30.4 Å². The summed E-state index contributed by atoms with van der Waals surface area (Å²) >= 11 is 0. The van der Waals surface area contributed by atoms with Gasteiger partial charge in [-0.3, -0.25) is 4.79 Å². The average Bonchev–Trinajstić information content (AvgIpc) is 3.32. The van der Waals surface area contributed by atoms with Gasteiger partial charge in [0.15, 0.2) is 11.5 Å². The van der Waals surface area contributed by atoms with Gasteiger partial charge in [-0.15, -0.1) is 0 Å². The highest BCUT2D eigenvalue weighted by Crippen LogP contribution is 2.28. The third-order valence-corrected chi connectivity index (χ3v) is 4.70. The van der Waals surface area contributed by atoms with Crippen molar-refractivity contribution in [2.75, 3.05) is 13.1 Å². The second-order valence-corrected chi connectivity index (χ2v) is 6.41. The Hall–Kier alpha value is -2.77. The lowest BCUT2D eigenvalue weighted by Gasteiger charge is -2.17. The zero-order valence-corrected chi connectivity index (χ0v) is 14.6. The summed E-state index contributed by atoms with van der Waals surface area (Å²) in [6.07, 6.45) is 2.59. The molecule has 0 radical (unpaired) electrons. The average molecular weight is 340 g/mol. The summed E-state index contributed by atoms with van der Waals surface area (Å²) in [5.41, 5.74) is 2.17. The SMILES string of the molecule is CCn1ncc2cc(C(=O)N3CC[C@H](c4nc(C)no4)C3)c(C)nc21. The number of rotatable bonds is 3. The number of amides is 1. The van der Waals surface area contributed by atoms with E-state index >= 15 is 0 Å². The maximum Gasteiger partial charge on any atom is 0.255 e. The topological polar surface area (TPSA) is 89.9 Å². The molecule has 0 aromatic carbocycles. The van der Waals surface area contributed by atoms with E-state index in [4.69, 9.17) is 4.52 Å². The summed E-state index contributed by atoms with van der Waals surface area (Å²) in [5.74, 6) is 1.33. The largest absolute Gasteiger partial charge is 0.339 e. The van der Waals surface area contributed by atoms with Gasteiger partial charge in [0.2, 0.25) is 5.89 Å². The van der Waals surface area contributed by atoms with E-state index in [1.165, 1.54) is 0 Å². The van der Waals surface area contributed by atoms with Crippen molar-refractivity contribution in [1.29, 1.82) is 0 Å². The molecule has 0 spiro atoms. The molecule has 8 heteroatoms. The molecule has 0 N–H and O–H groups in total. The second kappa shape index (κ2) is 5.94. The van der Waals surface area contributed by atoms with Gasteiger partial charge in [-0.05, 0) is 33.3 Å². The number of hydrogen-bond acceptors (Lipinski definition) is 6. The zero-order valence-electron chi connectivity index (χ0n) is 14.6. The van der Waals surface area contributed by atoms with E-state index in [9.17, 15) is 4.79 Å². The number of pyridine rings is 1. The number of aryl methyl sites for hydroxylation is 3. The Bertz CT molecular complexity index is 944. The van der Waals surface area contributed by atoms with Crippen LogP contribution in [0.4, 0.5) is 0 Å². The Morgan fingerprint density at radius 2 is 2.20 bits per heavy atom. The Labute approximate surface area is 144 Å². The van der Waals surface area contributed by atoms with Crippen molar-refractivity contribution in [2.24, 2.45) is 0 Å². The van der Waals surface area contributed by atoms with Crippen LogP contribution < -0.4 is 0 Å². The van der Waals surface area contributed by atoms with Crippen LogP contribution in [0, 0.1) is 13.8 Å². The number of aromatic nitrogens is 5. The molecule has 1 aliphatic rings. The first-order valence-electron chi connectivity index (χ1n) is 8.49. The highest BCUT2D eigenvalue weighted by Gasteiger charge is 2.32. The first-order chi connectivity index (χ1) is 12.1. The normalized spacial score (nSPS) is 17.6. The Kier molecular flexibility index (Phi) is 3.74. The lowest BCUT2D eigenvalue weighted by molar-refractivity contribution is 0.0788. The van der Waals surface area contributed by atoms with Crippen LogP contribution in [-0.2, 0) is 6.54 Å². The lowest BCUT2D eigenvalue weighted by Crippen LogP contribution is -2.29. The smallest absolute Gasteiger partial charge is 0.255 e. The molecule has 8 nitrogen and oxygen atoms in total. The van der Waals surface area contributed by atoms with Crippen LogP contribution in [0.5, 0.6) is 0 Å². The third kappa shape index (κ3) is 2.67. The number of carbonyl (C=O) groups excluding carboxylic acids is 1. The molecule has 0 bridgehead atoms. The lowest BCUT2D eigenvalue weighted by atomic mass is 10.1. The standard InChI is InChI=1S/C17H20N6O2/c1-4-23-15-13(8-18-23)7-14(10(2)19-15)17(24)22-6-5-12(9-22)16-20-11(3)21-25-16/h7-8,12H,4-6,9H2,1-3H3/t12-/m0/s1. The summed E-state index contributed by atoms with van der Waals surface area (Å²) in [7, 11) is 0. The predicted molar refractivity (Wildman–Crippen MR) is 90.2 cm³/mol. The van der Waals surface area contributed by atoms with Crippen LogP contribution in [0.25, 0.3) is 11.0 Å². The second-order valence-electron chi connectivity index (χ2n) is 6.41. The summed E-state index contributed by atoms with van der Waals surface area (Å²) < 4.78 is 7.09. The highest BCUT2D eigenvalue weighted by atomic mass is 16.5. The van der Waals surface area contributed by atoms with Gasteiger partial charge in [0, 0.05) is 25.0 Å². The third-order valence-electron chi connectivity index (χ3n) is 4.70. The van der Waals surface area contributed by atoms with Crippen LogP contribution >= 0.6 is 0 Å². The van der Waals surface area contributed by atoms with Crippen molar-refractivity contribution < 1.29 is 9.32 Å². The van der Waals surface area contributed by atoms with E-state index in [1.54, 1.807) is 13.1 Å². The minimum Gasteiger partial charge on any atom is -0.339 e. The molecule has 1 saturated heterocycles. The minimum absolute atomic E-state index is 0.00474. The molecule has 1 fully saturated rings. The van der Waals surface area contributed by atoms with E-state index in [0.717, 1.165) is 29.7 Å². The summed E-state index contributed by atoms with van der Waals surface area (Å²) in [6.45, 7) is 7.70. The highest BCUT2D eigenvalue weighted by molar-refractivity contribution is 5.98. The number of fused-ring (bicyclic) bond motifs is 1. The molecular formula is C17H20N6O2. The molecule has 130 valence electrons. The molecule has 0 unspecified atom stereocenters. The van der Waals surface area contributed by atoms with E-state index < -0.39 is 0 Å². The minimum atomic E-state index is -0.00474. The molecule has 25 heavy (non-hydrogen) atoms. The number of nitrogens with zero attached hydrogens (tertiary/aromatic N) is 6. The van der Waals surface area contributed by atoms with Crippen LogP contribution in [0.1, 0.15) is 47.0 Å². The molecular weight excluding hydrogens is 320 g/mol. The van der Waals surface area contributed by atoms with Crippen LogP contribution in [0.15, 0.2) is 16.8 Å².